The van der Waals surface area contributed by atoms with Crippen molar-refractivity contribution in [2.45, 2.75) is 6.42 Å². The van der Waals surface area contributed by atoms with Crippen molar-refractivity contribution in [3.8, 4) is 50.2 Å². The molecule has 9 aromatic carbocycles. The van der Waals surface area contributed by atoms with Gasteiger partial charge in [-0.2, -0.15) is 0 Å². The zero-order valence-electron chi connectivity index (χ0n) is 37.7. The number of aromatic nitrogens is 1. The van der Waals surface area contributed by atoms with Crippen LogP contribution in [0.25, 0.3) is 77.6 Å². The second-order valence-corrected chi connectivity index (χ2v) is 17.6. The van der Waals surface area contributed by atoms with E-state index in [1.54, 1.807) is 0 Å². The van der Waals surface area contributed by atoms with E-state index in [0.717, 1.165) is 34.7 Å². The van der Waals surface area contributed by atoms with Gasteiger partial charge in [0, 0.05) is 45.0 Å². The smallest absolute Gasteiger partial charge is 0.0619 e. The van der Waals surface area contributed by atoms with E-state index in [-0.39, 0.29) is 0 Å². The molecule has 0 saturated heterocycles. The van der Waals surface area contributed by atoms with Crippen molar-refractivity contribution >= 4 is 44.4 Å². The van der Waals surface area contributed by atoms with E-state index < -0.39 is 0 Å². The number of rotatable bonds is 9. The molecular formula is C66H48N2. The Kier molecular flexibility index (Phi) is 10.7. The van der Waals surface area contributed by atoms with Crippen molar-refractivity contribution in [1.82, 2.24) is 4.57 Å². The molecule has 68 heavy (non-hydrogen) atoms. The van der Waals surface area contributed by atoms with Gasteiger partial charge in [-0.3, -0.25) is 0 Å². The van der Waals surface area contributed by atoms with Gasteiger partial charge in [-0.25, -0.2) is 0 Å². The lowest BCUT2D eigenvalue weighted by molar-refractivity contribution is 0.847. The molecule has 322 valence electrons. The molecule has 0 saturated carbocycles. The van der Waals surface area contributed by atoms with Crippen LogP contribution in [0.1, 0.15) is 12.0 Å². The molecule has 2 aliphatic carbocycles. The fourth-order valence-corrected chi connectivity index (χ4v) is 10.2. The summed E-state index contributed by atoms with van der Waals surface area (Å²) in [4.78, 5) is 2.40. The van der Waals surface area contributed by atoms with Crippen LogP contribution < -0.4 is 4.90 Å². The highest BCUT2D eigenvalue weighted by atomic mass is 15.1. The third-order valence-electron chi connectivity index (χ3n) is 13.6. The lowest BCUT2D eigenvalue weighted by atomic mass is 9.86. The average molecular weight is 869 g/mol. The second kappa shape index (κ2) is 17.9. The van der Waals surface area contributed by atoms with Gasteiger partial charge in [0.2, 0.25) is 0 Å². The number of para-hydroxylation sites is 2. The summed E-state index contributed by atoms with van der Waals surface area (Å²) in [5, 5.41) is 2.47. The highest BCUT2D eigenvalue weighted by Gasteiger charge is 2.21. The van der Waals surface area contributed by atoms with E-state index in [9.17, 15) is 0 Å². The summed E-state index contributed by atoms with van der Waals surface area (Å²) in [6.07, 6.45) is 18.9. The first-order chi connectivity index (χ1) is 33.7. The number of benzene rings is 9. The Morgan fingerprint density at radius 2 is 0.971 bits per heavy atom. The minimum Gasteiger partial charge on any atom is -0.310 e. The lowest BCUT2D eigenvalue weighted by Gasteiger charge is -2.27. The topological polar surface area (TPSA) is 8.17 Å². The predicted molar refractivity (Wildman–Crippen MR) is 289 cm³/mol. The minimum atomic E-state index is 0.298. The molecule has 2 nitrogen and oxygen atoms in total. The van der Waals surface area contributed by atoms with Gasteiger partial charge in [0.15, 0.2) is 0 Å². The molecule has 1 atom stereocenters. The van der Waals surface area contributed by atoms with Gasteiger partial charge in [0.25, 0.3) is 0 Å². The van der Waals surface area contributed by atoms with Crippen molar-refractivity contribution in [2.24, 2.45) is 5.92 Å². The van der Waals surface area contributed by atoms with Gasteiger partial charge in [-0.05, 0) is 117 Å². The molecule has 0 fully saturated rings. The van der Waals surface area contributed by atoms with Crippen molar-refractivity contribution < 1.29 is 0 Å². The largest absolute Gasteiger partial charge is 0.310 e. The van der Waals surface area contributed by atoms with Crippen molar-refractivity contribution in [2.75, 3.05) is 4.90 Å². The maximum Gasteiger partial charge on any atom is 0.0619 e. The summed E-state index contributed by atoms with van der Waals surface area (Å²) in [5.41, 5.74) is 20.2. The SMILES string of the molecule is C1=C2/C=C\C=C/C(C1)/C(c1ccc(N(c3ccc(-c4ccc(-c5ccccc5)cc4)cc3)c3cccc(-c4cccc5c4c4cccc(-c6ccccc6)c4n5-c4ccccc4)c3)cc1)=C\C=C\2. The van der Waals surface area contributed by atoms with Gasteiger partial charge in [0.05, 0.1) is 11.0 Å². The van der Waals surface area contributed by atoms with E-state index in [4.69, 9.17) is 0 Å². The van der Waals surface area contributed by atoms with E-state index in [0.29, 0.717) is 5.92 Å². The first-order valence-electron chi connectivity index (χ1n) is 23.6. The maximum absolute atomic E-state index is 2.45. The molecule has 1 heterocycles. The molecule has 0 amide bonds. The fourth-order valence-electron chi connectivity index (χ4n) is 10.2. The van der Waals surface area contributed by atoms with Crippen LogP contribution in [0.2, 0.25) is 0 Å². The molecular weight excluding hydrogens is 821 g/mol. The Labute approximate surface area is 398 Å². The summed E-state index contributed by atoms with van der Waals surface area (Å²) < 4.78 is 2.45. The average Bonchev–Trinajstić information content (AvgIpc) is 3.75. The molecule has 0 spiro atoms. The molecule has 1 aromatic heterocycles. The van der Waals surface area contributed by atoms with Gasteiger partial charge in [-0.1, -0.05) is 218 Å². The zero-order chi connectivity index (χ0) is 45.2. The zero-order valence-corrected chi connectivity index (χ0v) is 37.7. The highest BCUT2D eigenvalue weighted by molar-refractivity contribution is 6.19. The number of allylic oxidation sites excluding steroid dienone is 10. The Balaban J connectivity index is 0.981. The standard InChI is InChI=1S/C66H48N2/c1-4-18-48(19-5-1)49-34-36-50(37-35-49)51-38-42-57(43-39-51)67(58-44-40-54(41-45-58)60-27-12-17-47-16-10-11-22-53(60)33-32-47)59-26-13-23-55(46-59)61-28-15-31-64-65(61)63-30-14-29-62(52-20-6-2-7-21-52)66(63)68(64)56-24-8-3-9-25-56/h1-32,34-46,53H,33H2/b16-10-,17-12+,22-11-,47-32?,60-27+. The molecule has 0 N–H and O–H groups in total. The maximum atomic E-state index is 2.45. The predicted octanol–water partition coefficient (Wildman–Crippen LogP) is 17.9. The van der Waals surface area contributed by atoms with E-state index in [1.165, 1.54) is 77.5 Å². The van der Waals surface area contributed by atoms with Crippen LogP contribution in [0.15, 0.2) is 279 Å². The van der Waals surface area contributed by atoms with Crippen LogP contribution in [0.4, 0.5) is 17.1 Å². The quantitative estimate of drug-likeness (QED) is 0.140. The molecule has 0 radical (unpaired) electrons. The number of fused-ring (bicyclic) bond motifs is 5. The number of anilines is 3. The minimum absolute atomic E-state index is 0.298. The van der Waals surface area contributed by atoms with Crippen LogP contribution in [-0.2, 0) is 0 Å². The van der Waals surface area contributed by atoms with Crippen LogP contribution in [0, 0.1) is 5.92 Å². The third-order valence-corrected chi connectivity index (χ3v) is 13.6. The molecule has 1 unspecified atom stereocenters. The Morgan fingerprint density at radius 3 is 1.68 bits per heavy atom. The second-order valence-electron chi connectivity index (χ2n) is 17.6. The number of hydrogen-bond donors (Lipinski definition) is 0. The first-order valence-corrected chi connectivity index (χ1v) is 23.6. The molecule has 2 heteroatoms. The van der Waals surface area contributed by atoms with Crippen LogP contribution in [0.3, 0.4) is 0 Å². The highest BCUT2D eigenvalue weighted by Crippen LogP contribution is 2.44. The van der Waals surface area contributed by atoms with Crippen LogP contribution in [-0.4, -0.2) is 4.57 Å². The molecule has 12 rings (SSSR count). The van der Waals surface area contributed by atoms with Crippen molar-refractivity contribution in [1.29, 1.82) is 0 Å². The van der Waals surface area contributed by atoms with Gasteiger partial charge in [-0.15, -0.1) is 0 Å². The monoisotopic (exact) mass is 868 g/mol. The van der Waals surface area contributed by atoms with E-state index >= 15 is 0 Å². The normalized spacial score (nSPS) is 16.4. The number of hydrogen-bond acceptors (Lipinski definition) is 1. The summed E-state index contributed by atoms with van der Waals surface area (Å²) in [6, 6.07) is 81.8. The number of nitrogens with zero attached hydrogens (tertiary/aromatic N) is 2. The summed E-state index contributed by atoms with van der Waals surface area (Å²) in [5.74, 6) is 0.298. The van der Waals surface area contributed by atoms with Crippen LogP contribution >= 0.6 is 0 Å². The summed E-state index contributed by atoms with van der Waals surface area (Å²) >= 11 is 0. The summed E-state index contributed by atoms with van der Waals surface area (Å²) in [7, 11) is 0. The van der Waals surface area contributed by atoms with Crippen molar-refractivity contribution in [3.63, 3.8) is 0 Å². The van der Waals surface area contributed by atoms with Crippen molar-refractivity contribution in [3.05, 3.63) is 284 Å². The van der Waals surface area contributed by atoms with Gasteiger partial charge in [0.1, 0.15) is 0 Å². The third kappa shape index (κ3) is 7.72. The van der Waals surface area contributed by atoms with Gasteiger partial charge >= 0.3 is 0 Å². The van der Waals surface area contributed by atoms with E-state index in [1.807, 2.05) is 0 Å². The van der Waals surface area contributed by atoms with Crippen LogP contribution in [0.5, 0.6) is 0 Å². The van der Waals surface area contributed by atoms with E-state index in [2.05, 4.69) is 283 Å². The van der Waals surface area contributed by atoms with Gasteiger partial charge < -0.3 is 9.47 Å². The fraction of sp³-hybridized carbons (Fsp3) is 0.0303. The Hall–Kier alpha value is -8.72. The lowest BCUT2D eigenvalue weighted by Crippen LogP contribution is -2.10. The Bertz CT molecular complexity index is 3590. The Morgan fingerprint density at radius 1 is 0.412 bits per heavy atom. The molecule has 2 bridgehead atoms. The molecule has 10 aromatic rings. The summed E-state index contributed by atoms with van der Waals surface area (Å²) in [6.45, 7) is 0. The molecule has 0 aliphatic heterocycles. The molecule has 2 aliphatic rings. The first kappa shape index (κ1) is 40.8.